The van der Waals surface area contributed by atoms with Crippen LogP contribution in [0.3, 0.4) is 0 Å². The predicted octanol–water partition coefficient (Wildman–Crippen LogP) is 2.51. The van der Waals surface area contributed by atoms with Gasteiger partial charge in [0.1, 0.15) is 11.6 Å². The summed E-state index contributed by atoms with van der Waals surface area (Å²) in [5, 5.41) is 4.24. The van der Waals surface area contributed by atoms with Gasteiger partial charge in [-0.1, -0.05) is 23.5 Å². The van der Waals surface area contributed by atoms with Gasteiger partial charge in [-0.25, -0.2) is 4.39 Å². The van der Waals surface area contributed by atoms with Crippen molar-refractivity contribution in [3.63, 3.8) is 0 Å². The van der Waals surface area contributed by atoms with Gasteiger partial charge in [0.05, 0.1) is 11.6 Å². The van der Waals surface area contributed by atoms with E-state index in [9.17, 15) is 9.18 Å². The lowest BCUT2D eigenvalue weighted by Crippen LogP contribution is -2.23. The van der Waals surface area contributed by atoms with Gasteiger partial charge in [-0.15, -0.1) is 5.10 Å². The Morgan fingerprint density at radius 2 is 2.00 bits per heavy atom. The third-order valence-electron chi connectivity index (χ3n) is 3.68. The monoisotopic (exact) mass is 353 g/mol. The van der Waals surface area contributed by atoms with Crippen molar-refractivity contribution in [2.75, 3.05) is 7.11 Å². The molecule has 0 saturated heterocycles. The number of hydrogen-bond acceptors (Lipinski definition) is 5. The Labute approximate surface area is 145 Å². The van der Waals surface area contributed by atoms with Crippen LogP contribution in [0.5, 0.6) is 5.75 Å². The SMILES string of the molecule is COc1cccc(/C=c2\sc3nc(-c4ccc(F)cc4)nn3c2=O)c1. The van der Waals surface area contributed by atoms with Crippen molar-refractivity contribution < 1.29 is 9.13 Å². The number of thiazole rings is 1. The fourth-order valence-corrected chi connectivity index (χ4v) is 3.35. The first kappa shape index (κ1) is 15.5. The molecule has 0 amide bonds. The highest BCUT2D eigenvalue weighted by Gasteiger charge is 2.12. The molecule has 2 aromatic heterocycles. The van der Waals surface area contributed by atoms with E-state index in [2.05, 4.69) is 10.1 Å². The lowest BCUT2D eigenvalue weighted by atomic mass is 10.2. The molecule has 5 nitrogen and oxygen atoms in total. The summed E-state index contributed by atoms with van der Waals surface area (Å²) in [5.41, 5.74) is 1.29. The van der Waals surface area contributed by atoms with E-state index >= 15 is 0 Å². The van der Waals surface area contributed by atoms with E-state index in [4.69, 9.17) is 4.74 Å². The van der Waals surface area contributed by atoms with Crippen LogP contribution in [-0.4, -0.2) is 21.7 Å². The zero-order valence-corrected chi connectivity index (χ0v) is 14.0. The first-order chi connectivity index (χ1) is 12.1. The van der Waals surface area contributed by atoms with Gasteiger partial charge >= 0.3 is 0 Å². The molecule has 25 heavy (non-hydrogen) atoms. The maximum absolute atomic E-state index is 13.0. The summed E-state index contributed by atoms with van der Waals surface area (Å²) in [5.74, 6) is 0.792. The van der Waals surface area contributed by atoms with E-state index in [1.54, 1.807) is 25.3 Å². The lowest BCUT2D eigenvalue weighted by molar-refractivity contribution is 0.414. The van der Waals surface area contributed by atoms with Gasteiger partial charge in [-0.2, -0.15) is 9.50 Å². The Bertz CT molecular complexity index is 1170. The Morgan fingerprint density at radius 1 is 1.20 bits per heavy atom. The average molecular weight is 353 g/mol. The minimum Gasteiger partial charge on any atom is -0.497 e. The van der Waals surface area contributed by atoms with Crippen molar-refractivity contribution in [3.8, 4) is 17.1 Å². The zero-order valence-electron chi connectivity index (χ0n) is 13.1. The molecule has 0 aliphatic carbocycles. The topological polar surface area (TPSA) is 56.5 Å². The standard InChI is InChI=1S/C18H12FN3O2S/c1-24-14-4-2-3-11(9-14)10-15-17(23)22-18(25-15)20-16(21-22)12-5-7-13(19)8-6-12/h2-10H,1H3/b15-10-. The highest BCUT2D eigenvalue weighted by Crippen LogP contribution is 2.17. The molecule has 4 aromatic rings. The summed E-state index contributed by atoms with van der Waals surface area (Å²) in [6.45, 7) is 0. The smallest absolute Gasteiger partial charge is 0.291 e. The molecule has 2 heterocycles. The normalized spacial score (nSPS) is 12.0. The second kappa shape index (κ2) is 6.10. The summed E-state index contributed by atoms with van der Waals surface area (Å²) in [6, 6.07) is 13.3. The van der Waals surface area contributed by atoms with Crippen molar-refractivity contribution in [1.29, 1.82) is 0 Å². The largest absolute Gasteiger partial charge is 0.497 e. The van der Waals surface area contributed by atoms with Crippen molar-refractivity contribution >= 4 is 22.4 Å². The number of ether oxygens (including phenoxy) is 1. The van der Waals surface area contributed by atoms with Gasteiger partial charge in [-0.05, 0) is 48.0 Å². The fraction of sp³-hybridized carbons (Fsp3) is 0.0556. The molecule has 4 rings (SSSR count). The van der Waals surface area contributed by atoms with Crippen LogP contribution >= 0.6 is 11.3 Å². The van der Waals surface area contributed by atoms with Crippen LogP contribution in [-0.2, 0) is 0 Å². The quantitative estimate of drug-likeness (QED) is 0.568. The van der Waals surface area contributed by atoms with E-state index in [-0.39, 0.29) is 11.4 Å². The molecule has 0 saturated carbocycles. The van der Waals surface area contributed by atoms with E-state index in [0.717, 1.165) is 11.3 Å². The van der Waals surface area contributed by atoms with Gasteiger partial charge in [0.25, 0.3) is 5.56 Å². The van der Waals surface area contributed by atoms with Crippen LogP contribution in [0, 0.1) is 5.82 Å². The van der Waals surface area contributed by atoms with Gasteiger partial charge in [0, 0.05) is 5.56 Å². The Kier molecular flexibility index (Phi) is 3.77. The Morgan fingerprint density at radius 3 is 2.72 bits per heavy atom. The minimum atomic E-state index is -0.329. The Balaban J connectivity index is 1.79. The first-order valence-corrected chi connectivity index (χ1v) is 8.27. The van der Waals surface area contributed by atoms with E-state index in [1.807, 2.05) is 24.3 Å². The molecule has 0 N–H and O–H groups in total. The number of aromatic nitrogens is 3. The van der Waals surface area contributed by atoms with Crippen molar-refractivity contribution in [1.82, 2.24) is 14.6 Å². The average Bonchev–Trinajstić information content (AvgIpc) is 3.16. The third kappa shape index (κ3) is 2.89. The molecular formula is C18H12FN3O2S. The summed E-state index contributed by atoms with van der Waals surface area (Å²) in [6.07, 6.45) is 1.78. The van der Waals surface area contributed by atoms with Crippen LogP contribution in [0.15, 0.2) is 53.3 Å². The number of methoxy groups -OCH3 is 1. The van der Waals surface area contributed by atoms with Crippen molar-refractivity contribution in [3.05, 3.63) is 74.8 Å². The molecule has 0 radical (unpaired) electrons. The molecule has 2 aromatic carbocycles. The maximum atomic E-state index is 13.0. The fourth-order valence-electron chi connectivity index (χ4n) is 2.44. The predicted molar refractivity (Wildman–Crippen MR) is 94.3 cm³/mol. The van der Waals surface area contributed by atoms with Crippen LogP contribution in [0.25, 0.3) is 22.4 Å². The van der Waals surface area contributed by atoms with Crippen molar-refractivity contribution in [2.24, 2.45) is 0 Å². The summed E-state index contributed by atoms with van der Waals surface area (Å²) in [7, 11) is 1.60. The molecule has 0 fully saturated rings. The van der Waals surface area contributed by atoms with Gasteiger partial charge in [0.15, 0.2) is 5.82 Å². The second-order valence-corrected chi connectivity index (χ2v) is 6.34. The molecule has 7 heteroatoms. The maximum Gasteiger partial charge on any atom is 0.291 e. The molecule has 0 atom stereocenters. The number of hydrogen-bond donors (Lipinski definition) is 0. The Hall–Kier alpha value is -3.06. The zero-order chi connectivity index (χ0) is 17.4. The molecule has 0 unspecified atom stereocenters. The van der Waals surface area contributed by atoms with Crippen LogP contribution in [0.4, 0.5) is 4.39 Å². The highest BCUT2D eigenvalue weighted by atomic mass is 32.1. The van der Waals surface area contributed by atoms with E-state index < -0.39 is 0 Å². The molecule has 124 valence electrons. The number of benzene rings is 2. The van der Waals surface area contributed by atoms with Gasteiger partial charge in [0.2, 0.25) is 4.96 Å². The first-order valence-electron chi connectivity index (χ1n) is 7.45. The summed E-state index contributed by atoms with van der Waals surface area (Å²) in [4.78, 5) is 17.4. The second-order valence-electron chi connectivity index (χ2n) is 5.33. The molecule has 0 spiro atoms. The molecule has 0 aliphatic heterocycles. The highest BCUT2D eigenvalue weighted by molar-refractivity contribution is 7.15. The van der Waals surface area contributed by atoms with Crippen molar-refractivity contribution in [2.45, 2.75) is 0 Å². The lowest BCUT2D eigenvalue weighted by Gasteiger charge is -1.99. The van der Waals surface area contributed by atoms with Crippen LogP contribution in [0.1, 0.15) is 5.56 Å². The molecule has 0 bridgehead atoms. The van der Waals surface area contributed by atoms with Crippen LogP contribution in [0.2, 0.25) is 0 Å². The third-order valence-corrected chi connectivity index (χ3v) is 4.64. The number of rotatable bonds is 3. The molecular weight excluding hydrogens is 341 g/mol. The number of fused-ring (bicyclic) bond motifs is 1. The summed E-state index contributed by atoms with van der Waals surface area (Å²) < 4.78 is 20.0. The van der Waals surface area contributed by atoms with Crippen LogP contribution < -0.4 is 14.8 Å². The summed E-state index contributed by atoms with van der Waals surface area (Å²) >= 11 is 1.26. The van der Waals surface area contributed by atoms with E-state index in [0.29, 0.717) is 20.9 Å². The van der Waals surface area contributed by atoms with E-state index in [1.165, 1.54) is 28.0 Å². The number of nitrogens with zero attached hydrogens (tertiary/aromatic N) is 3. The number of halogens is 1. The molecule has 0 aliphatic rings. The van der Waals surface area contributed by atoms with Gasteiger partial charge < -0.3 is 4.74 Å². The van der Waals surface area contributed by atoms with Gasteiger partial charge in [-0.3, -0.25) is 4.79 Å². The minimum absolute atomic E-state index is 0.233.